The Kier molecular flexibility index (Phi) is 3.00. The SMILES string of the molecule is Cc1c(C(=O)Nc2ccc3c(c2)CCC3)oc2ccccc12. The van der Waals surface area contributed by atoms with Gasteiger partial charge in [0.25, 0.3) is 5.91 Å². The van der Waals surface area contributed by atoms with Gasteiger partial charge in [-0.05, 0) is 55.5 Å². The van der Waals surface area contributed by atoms with Crippen LogP contribution in [0.25, 0.3) is 11.0 Å². The molecule has 22 heavy (non-hydrogen) atoms. The van der Waals surface area contributed by atoms with Crippen molar-refractivity contribution in [1.82, 2.24) is 0 Å². The number of hydrogen-bond donors (Lipinski definition) is 1. The smallest absolute Gasteiger partial charge is 0.291 e. The van der Waals surface area contributed by atoms with Gasteiger partial charge in [-0.3, -0.25) is 4.79 Å². The van der Waals surface area contributed by atoms with Gasteiger partial charge in [-0.2, -0.15) is 0 Å². The van der Waals surface area contributed by atoms with Gasteiger partial charge in [-0.25, -0.2) is 0 Å². The molecular weight excluding hydrogens is 274 g/mol. The molecular formula is C19H17NO2. The molecule has 3 heteroatoms. The zero-order valence-electron chi connectivity index (χ0n) is 12.5. The molecule has 0 unspecified atom stereocenters. The summed E-state index contributed by atoms with van der Waals surface area (Å²) in [6.07, 6.45) is 3.45. The summed E-state index contributed by atoms with van der Waals surface area (Å²) in [6.45, 7) is 1.92. The first-order valence-electron chi connectivity index (χ1n) is 7.63. The Hall–Kier alpha value is -2.55. The van der Waals surface area contributed by atoms with Crippen LogP contribution in [-0.2, 0) is 12.8 Å². The molecule has 1 aliphatic carbocycles. The van der Waals surface area contributed by atoms with E-state index in [0.717, 1.165) is 35.1 Å². The Balaban J connectivity index is 1.65. The number of fused-ring (bicyclic) bond motifs is 2. The van der Waals surface area contributed by atoms with Crippen molar-refractivity contribution in [3.63, 3.8) is 0 Å². The van der Waals surface area contributed by atoms with Gasteiger partial charge in [0.15, 0.2) is 5.76 Å². The normalized spacial score (nSPS) is 13.3. The third kappa shape index (κ3) is 2.10. The van der Waals surface area contributed by atoms with Crippen LogP contribution in [0.2, 0.25) is 0 Å². The lowest BCUT2D eigenvalue weighted by Crippen LogP contribution is -2.12. The van der Waals surface area contributed by atoms with E-state index in [9.17, 15) is 4.79 Å². The van der Waals surface area contributed by atoms with Crippen LogP contribution in [0.5, 0.6) is 0 Å². The second-order valence-electron chi connectivity index (χ2n) is 5.84. The fraction of sp³-hybridized carbons (Fsp3) is 0.211. The third-order valence-electron chi connectivity index (χ3n) is 4.41. The quantitative estimate of drug-likeness (QED) is 0.756. The van der Waals surface area contributed by atoms with Crippen molar-refractivity contribution < 1.29 is 9.21 Å². The van der Waals surface area contributed by atoms with Gasteiger partial charge in [-0.1, -0.05) is 24.3 Å². The lowest BCUT2D eigenvalue weighted by molar-refractivity contribution is 0.0998. The van der Waals surface area contributed by atoms with Gasteiger partial charge in [0.1, 0.15) is 5.58 Å². The number of furan rings is 1. The van der Waals surface area contributed by atoms with E-state index in [2.05, 4.69) is 17.4 Å². The van der Waals surface area contributed by atoms with Crippen molar-refractivity contribution in [2.45, 2.75) is 26.2 Å². The number of rotatable bonds is 2. The number of benzene rings is 2. The summed E-state index contributed by atoms with van der Waals surface area (Å²) in [5, 5.41) is 3.94. The van der Waals surface area contributed by atoms with Crippen molar-refractivity contribution in [3.05, 3.63) is 64.9 Å². The third-order valence-corrected chi connectivity index (χ3v) is 4.41. The molecule has 0 fully saturated rings. The molecule has 0 spiro atoms. The molecule has 1 aromatic heterocycles. The van der Waals surface area contributed by atoms with E-state index in [0.29, 0.717) is 5.76 Å². The minimum absolute atomic E-state index is 0.188. The second kappa shape index (κ2) is 5.02. The van der Waals surface area contributed by atoms with Crippen molar-refractivity contribution in [3.8, 4) is 0 Å². The first kappa shape index (κ1) is 13.1. The van der Waals surface area contributed by atoms with Crippen molar-refractivity contribution in [2.75, 3.05) is 5.32 Å². The first-order valence-corrected chi connectivity index (χ1v) is 7.63. The van der Waals surface area contributed by atoms with E-state index in [4.69, 9.17) is 4.42 Å². The lowest BCUT2D eigenvalue weighted by atomic mass is 10.1. The maximum atomic E-state index is 12.5. The molecule has 0 saturated heterocycles. The Morgan fingerprint density at radius 1 is 1.09 bits per heavy atom. The van der Waals surface area contributed by atoms with Gasteiger partial charge in [0, 0.05) is 16.6 Å². The average molecular weight is 291 g/mol. The zero-order chi connectivity index (χ0) is 15.1. The molecule has 110 valence electrons. The van der Waals surface area contributed by atoms with Crippen LogP contribution in [0.3, 0.4) is 0 Å². The molecule has 0 radical (unpaired) electrons. The Morgan fingerprint density at radius 3 is 2.77 bits per heavy atom. The summed E-state index contributed by atoms with van der Waals surface area (Å²) in [5.41, 5.74) is 5.22. The van der Waals surface area contributed by atoms with Crippen LogP contribution < -0.4 is 5.32 Å². The molecule has 0 bridgehead atoms. The molecule has 0 atom stereocenters. The van der Waals surface area contributed by atoms with E-state index in [1.54, 1.807) is 0 Å². The molecule has 0 saturated carbocycles. The van der Waals surface area contributed by atoms with E-state index in [1.807, 2.05) is 37.3 Å². The van der Waals surface area contributed by atoms with Crippen LogP contribution in [-0.4, -0.2) is 5.91 Å². The van der Waals surface area contributed by atoms with Crippen molar-refractivity contribution in [2.24, 2.45) is 0 Å². The van der Waals surface area contributed by atoms with Gasteiger partial charge in [-0.15, -0.1) is 0 Å². The summed E-state index contributed by atoms with van der Waals surface area (Å²) in [4.78, 5) is 12.5. The minimum Gasteiger partial charge on any atom is -0.451 e. The number of aryl methyl sites for hydroxylation is 3. The predicted octanol–water partition coefficient (Wildman–Crippen LogP) is 4.48. The highest BCUT2D eigenvalue weighted by molar-refractivity contribution is 6.06. The molecule has 3 nitrogen and oxygen atoms in total. The topological polar surface area (TPSA) is 42.2 Å². The highest BCUT2D eigenvalue weighted by atomic mass is 16.3. The number of carbonyl (C=O) groups is 1. The maximum Gasteiger partial charge on any atom is 0.291 e. The van der Waals surface area contributed by atoms with E-state index in [1.165, 1.54) is 17.5 Å². The molecule has 1 N–H and O–H groups in total. The predicted molar refractivity (Wildman–Crippen MR) is 87.4 cm³/mol. The standard InChI is InChI=1S/C19H17NO2/c1-12-16-7-2-3-8-17(16)22-18(12)19(21)20-15-10-9-13-5-4-6-14(13)11-15/h2-3,7-11H,4-6H2,1H3,(H,20,21). The highest BCUT2D eigenvalue weighted by Gasteiger charge is 2.18. The number of nitrogens with one attached hydrogen (secondary N) is 1. The number of carbonyl (C=O) groups excluding carboxylic acids is 1. The molecule has 1 amide bonds. The summed E-state index contributed by atoms with van der Waals surface area (Å²) in [7, 11) is 0. The number of amides is 1. The van der Waals surface area contributed by atoms with Crippen LogP contribution in [0.15, 0.2) is 46.9 Å². The number of para-hydroxylation sites is 1. The fourth-order valence-corrected chi connectivity index (χ4v) is 3.23. The molecule has 4 rings (SSSR count). The van der Waals surface area contributed by atoms with Crippen LogP contribution >= 0.6 is 0 Å². The Morgan fingerprint density at radius 2 is 1.91 bits per heavy atom. The summed E-state index contributed by atoms with van der Waals surface area (Å²) < 4.78 is 5.71. The van der Waals surface area contributed by atoms with E-state index >= 15 is 0 Å². The van der Waals surface area contributed by atoms with Crippen LogP contribution in [0.1, 0.15) is 33.7 Å². The fourth-order valence-electron chi connectivity index (χ4n) is 3.23. The Bertz CT molecular complexity index is 876. The molecule has 1 heterocycles. The number of anilines is 1. The van der Waals surface area contributed by atoms with Crippen molar-refractivity contribution in [1.29, 1.82) is 0 Å². The lowest BCUT2D eigenvalue weighted by Gasteiger charge is -2.06. The monoisotopic (exact) mass is 291 g/mol. The summed E-state index contributed by atoms with van der Waals surface area (Å²) >= 11 is 0. The van der Waals surface area contributed by atoms with Crippen LogP contribution in [0, 0.1) is 6.92 Å². The number of hydrogen-bond acceptors (Lipinski definition) is 2. The van der Waals surface area contributed by atoms with Gasteiger partial charge >= 0.3 is 0 Å². The first-order chi connectivity index (χ1) is 10.7. The average Bonchev–Trinajstić information content (AvgIpc) is 3.12. The van der Waals surface area contributed by atoms with E-state index < -0.39 is 0 Å². The molecule has 1 aliphatic rings. The van der Waals surface area contributed by atoms with E-state index in [-0.39, 0.29) is 5.91 Å². The minimum atomic E-state index is -0.188. The van der Waals surface area contributed by atoms with Gasteiger partial charge in [0.05, 0.1) is 0 Å². The highest BCUT2D eigenvalue weighted by Crippen LogP contribution is 2.27. The Labute approximate surface area is 128 Å². The van der Waals surface area contributed by atoms with Gasteiger partial charge in [0.2, 0.25) is 0 Å². The largest absolute Gasteiger partial charge is 0.451 e. The second-order valence-corrected chi connectivity index (χ2v) is 5.84. The molecule has 3 aromatic rings. The van der Waals surface area contributed by atoms with Crippen LogP contribution in [0.4, 0.5) is 5.69 Å². The van der Waals surface area contributed by atoms with Gasteiger partial charge < -0.3 is 9.73 Å². The zero-order valence-corrected chi connectivity index (χ0v) is 12.5. The molecule has 0 aliphatic heterocycles. The summed E-state index contributed by atoms with van der Waals surface area (Å²) in [6, 6.07) is 13.9. The summed E-state index contributed by atoms with van der Waals surface area (Å²) in [5.74, 6) is 0.202. The maximum absolute atomic E-state index is 12.5. The molecule has 2 aromatic carbocycles. The van der Waals surface area contributed by atoms with Crippen molar-refractivity contribution >= 4 is 22.6 Å².